The van der Waals surface area contributed by atoms with Gasteiger partial charge in [0, 0.05) is 19.3 Å². The van der Waals surface area contributed by atoms with Crippen LogP contribution in [0.2, 0.25) is 0 Å². The first-order chi connectivity index (χ1) is 9.40. The molecule has 6 nitrogen and oxygen atoms in total. The van der Waals surface area contributed by atoms with Gasteiger partial charge in [-0.25, -0.2) is 0 Å². The molecular weight excluding hydrogens is 258 g/mol. The maximum absolute atomic E-state index is 12.3. The van der Waals surface area contributed by atoms with Crippen molar-refractivity contribution in [1.29, 1.82) is 0 Å². The highest BCUT2D eigenvalue weighted by Gasteiger charge is 2.42. The molecular formula is C14H17N3O3. The molecule has 0 saturated heterocycles. The number of hydrogen-bond acceptors (Lipinski definition) is 4. The number of nitrogens with zero attached hydrogens (tertiary/aromatic N) is 2. The van der Waals surface area contributed by atoms with Gasteiger partial charge in [-0.1, -0.05) is 6.07 Å². The summed E-state index contributed by atoms with van der Waals surface area (Å²) >= 11 is 0. The minimum atomic E-state index is -0.841. The third-order valence-corrected chi connectivity index (χ3v) is 3.57. The molecule has 0 fully saturated rings. The van der Waals surface area contributed by atoms with Crippen LogP contribution in [-0.2, 0) is 4.79 Å². The Labute approximate surface area is 117 Å². The highest BCUT2D eigenvalue weighted by atomic mass is 16.2. The second-order valence-corrected chi connectivity index (χ2v) is 4.78. The van der Waals surface area contributed by atoms with Crippen molar-refractivity contribution in [3.05, 3.63) is 29.3 Å². The van der Waals surface area contributed by atoms with E-state index in [0.717, 1.165) is 4.90 Å². The number of rotatable bonds is 3. The van der Waals surface area contributed by atoms with Crippen molar-refractivity contribution in [3.8, 4) is 0 Å². The van der Waals surface area contributed by atoms with E-state index in [1.165, 1.54) is 4.90 Å². The molecule has 1 heterocycles. The predicted molar refractivity (Wildman–Crippen MR) is 74.1 cm³/mol. The van der Waals surface area contributed by atoms with Crippen molar-refractivity contribution in [2.45, 2.75) is 19.9 Å². The third kappa shape index (κ3) is 1.93. The van der Waals surface area contributed by atoms with E-state index in [-0.39, 0.29) is 22.7 Å². The standard InChI is InChI=1S/C14H17N3O3/c1-4-16(3)12(18)8(2)17-13(19)9-6-5-7-10(15)11(9)14(17)20/h5-8H,4,15H2,1-3H3. The number of nitrogens with two attached hydrogens (primary N) is 1. The summed E-state index contributed by atoms with van der Waals surface area (Å²) in [4.78, 5) is 39.2. The van der Waals surface area contributed by atoms with E-state index >= 15 is 0 Å². The van der Waals surface area contributed by atoms with Crippen molar-refractivity contribution in [2.75, 3.05) is 19.3 Å². The number of hydrogen-bond donors (Lipinski definition) is 1. The summed E-state index contributed by atoms with van der Waals surface area (Å²) in [7, 11) is 1.63. The molecule has 1 atom stereocenters. The van der Waals surface area contributed by atoms with E-state index in [2.05, 4.69) is 0 Å². The fraction of sp³-hybridized carbons (Fsp3) is 0.357. The summed E-state index contributed by atoms with van der Waals surface area (Å²) in [6, 6.07) is 3.89. The molecule has 0 aromatic heterocycles. The molecule has 1 aliphatic heterocycles. The number of fused-ring (bicyclic) bond motifs is 1. The zero-order valence-electron chi connectivity index (χ0n) is 11.7. The first-order valence-electron chi connectivity index (χ1n) is 6.41. The Morgan fingerprint density at radius 1 is 1.35 bits per heavy atom. The Balaban J connectivity index is 2.38. The Morgan fingerprint density at radius 3 is 2.55 bits per heavy atom. The van der Waals surface area contributed by atoms with Gasteiger partial charge < -0.3 is 10.6 Å². The molecule has 1 aliphatic rings. The molecule has 0 aliphatic carbocycles. The van der Waals surface area contributed by atoms with Crippen LogP contribution >= 0.6 is 0 Å². The van der Waals surface area contributed by atoms with E-state index in [0.29, 0.717) is 6.54 Å². The number of anilines is 1. The summed E-state index contributed by atoms with van der Waals surface area (Å²) in [5.41, 5.74) is 6.46. The van der Waals surface area contributed by atoms with Crippen LogP contribution in [0.4, 0.5) is 5.69 Å². The lowest BCUT2D eigenvalue weighted by Gasteiger charge is -2.25. The second kappa shape index (κ2) is 4.96. The SMILES string of the molecule is CCN(C)C(=O)C(C)N1C(=O)c2cccc(N)c2C1=O. The van der Waals surface area contributed by atoms with Crippen LogP contribution in [0.5, 0.6) is 0 Å². The smallest absolute Gasteiger partial charge is 0.264 e. The van der Waals surface area contributed by atoms with E-state index in [9.17, 15) is 14.4 Å². The summed E-state index contributed by atoms with van der Waals surface area (Å²) in [5, 5.41) is 0. The average Bonchev–Trinajstić information content (AvgIpc) is 2.69. The molecule has 0 bridgehead atoms. The lowest BCUT2D eigenvalue weighted by Crippen LogP contribution is -2.48. The number of carbonyl (C=O) groups is 3. The van der Waals surface area contributed by atoms with Crippen molar-refractivity contribution in [2.24, 2.45) is 0 Å². The zero-order valence-corrected chi connectivity index (χ0v) is 11.7. The Kier molecular flexibility index (Phi) is 3.48. The summed E-state index contributed by atoms with van der Waals surface area (Å²) < 4.78 is 0. The minimum Gasteiger partial charge on any atom is -0.398 e. The van der Waals surface area contributed by atoms with Gasteiger partial charge in [-0.15, -0.1) is 0 Å². The number of imide groups is 1. The van der Waals surface area contributed by atoms with Crippen molar-refractivity contribution < 1.29 is 14.4 Å². The molecule has 3 amide bonds. The fourth-order valence-electron chi connectivity index (χ4n) is 2.27. The van der Waals surface area contributed by atoms with Gasteiger partial charge in [0.05, 0.1) is 11.1 Å². The quantitative estimate of drug-likeness (QED) is 0.651. The summed E-state index contributed by atoms with van der Waals surface area (Å²) in [5.74, 6) is -1.25. The maximum atomic E-state index is 12.3. The first kappa shape index (κ1) is 14.0. The van der Waals surface area contributed by atoms with Gasteiger partial charge in [0.25, 0.3) is 11.8 Å². The molecule has 1 unspecified atom stereocenters. The first-order valence-corrected chi connectivity index (χ1v) is 6.41. The van der Waals surface area contributed by atoms with Crippen LogP contribution in [0.25, 0.3) is 0 Å². The van der Waals surface area contributed by atoms with Crippen LogP contribution in [0.3, 0.4) is 0 Å². The third-order valence-electron chi connectivity index (χ3n) is 3.57. The largest absolute Gasteiger partial charge is 0.398 e. The number of nitrogen functional groups attached to an aromatic ring is 1. The molecule has 2 N–H and O–H groups in total. The van der Waals surface area contributed by atoms with E-state index in [1.807, 2.05) is 6.92 Å². The Morgan fingerprint density at radius 2 is 2.00 bits per heavy atom. The molecule has 0 spiro atoms. The molecule has 20 heavy (non-hydrogen) atoms. The monoisotopic (exact) mass is 275 g/mol. The number of benzene rings is 1. The van der Waals surface area contributed by atoms with E-state index in [1.54, 1.807) is 32.2 Å². The zero-order chi connectivity index (χ0) is 15.0. The summed E-state index contributed by atoms with van der Waals surface area (Å²) in [6.07, 6.45) is 0. The molecule has 106 valence electrons. The van der Waals surface area contributed by atoms with Crippen LogP contribution < -0.4 is 5.73 Å². The van der Waals surface area contributed by atoms with Crippen LogP contribution in [-0.4, -0.2) is 47.2 Å². The van der Waals surface area contributed by atoms with Gasteiger partial charge in [0.15, 0.2) is 0 Å². The highest BCUT2D eigenvalue weighted by Crippen LogP contribution is 2.29. The van der Waals surface area contributed by atoms with Gasteiger partial charge >= 0.3 is 0 Å². The maximum Gasteiger partial charge on any atom is 0.264 e. The lowest BCUT2D eigenvalue weighted by molar-refractivity contribution is -0.133. The Hall–Kier alpha value is -2.37. The van der Waals surface area contributed by atoms with Gasteiger partial charge in [-0.05, 0) is 26.0 Å². The van der Waals surface area contributed by atoms with E-state index in [4.69, 9.17) is 5.73 Å². The van der Waals surface area contributed by atoms with Crippen molar-refractivity contribution >= 4 is 23.4 Å². The normalized spacial score (nSPS) is 15.2. The Bertz CT molecular complexity index is 597. The van der Waals surface area contributed by atoms with Gasteiger partial charge in [0.2, 0.25) is 5.91 Å². The van der Waals surface area contributed by atoms with Gasteiger partial charge in [0.1, 0.15) is 6.04 Å². The molecule has 0 radical (unpaired) electrons. The van der Waals surface area contributed by atoms with Gasteiger partial charge in [-0.2, -0.15) is 0 Å². The molecule has 0 saturated carbocycles. The fourth-order valence-corrected chi connectivity index (χ4v) is 2.27. The van der Waals surface area contributed by atoms with Crippen LogP contribution in [0, 0.1) is 0 Å². The molecule has 6 heteroatoms. The average molecular weight is 275 g/mol. The van der Waals surface area contributed by atoms with Crippen molar-refractivity contribution in [3.63, 3.8) is 0 Å². The van der Waals surface area contributed by atoms with Gasteiger partial charge in [-0.3, -0.25) is 19.3 Å². The minimum absolute atomic E-state index is 0.191. The van der Waals surface area contributed by atoms with E-state index < -0.39 is 17.9 Å². The second-order valence-electron chi connectivity index (χ2n) is 4.78. The topological polar surface area (TPSA) is 83.7 Å². The van der Waals surface area contributed by atoms with Crippen molar-refractivity contribution in [1.82, 2.24) is 9.80 Å². The van der Waals surface area contributed by atoms with Crippen LogP contribution in [0.1, 0.15) is 34.6 Å². The number of carbonyl (C=O) groups excluding carboxylic acids is 3. The van der Waals surface area contributed by atoms with Crippen LogP contribution in [0.15, 0.2) is 18.2 Å². The summed E-state index contributed by atoms with van der Waals surface area (Å²) in [6.45, 7) is 3.88. The molecule has 2 rings (SSSR count). The predicted octanol–water partition coefficient (Wildman–Crippen LogP) is 0.732. The number of likely N-dealkylation sites (N-methyl/N-ethyl adjacent to an activating group) is 1. The molecule has 1 aromatic rings. The lowest BCUT2D eigenvalue weighted by atomic mass is 10.1. The molecule has 1 aromatic carbocycles. The number of amides is 3. The highest BCUT2D eigenvalue weighted by molar-refractivity contribution is 6.24.